The average Bonchev–Trinajstić information content (AvgIpc) is 3.08. The maximum atomic E-state index is 11.8. The molecule has 130 valence electrons. The minimum atomic E-state index is -0.340. The predicted molar refractivity (Wildman–Crippen MR) is 94.3 cm³/mol. The van der Waals surface area contributed by atoms with Gasteiger partial charge in [0.2, 0.25) is 6.79 Å². The van der Waals surface area contributed by atoms with Crippen LogP contribution in [0.3, 0.4) is 0 Å². The lowest BCUT2D eigenvalue weighted by Crippen LogP contribution is -2.24. The lowest BCUT2D eigenvalue weighted by Gasteiger charge is -2.06. The van der Waals surface area contributed by atoms with Crippen LogP contribution in [0, 0.1) is 0 Å². The number of ether oxygens (including phenoxy) is 3. The molecule has 6 nitrogen and oxygen atoms in total. The van der Waals surface area contributed by atoms with E-state index in [1.807, 2.05) is 12.1 Å². The lowest BCUT2D eigenvalue weighted by atomic mass is 10.0. The van der Waals surface area contributed by atoms with Crippen LogP contribution >= 0.6 is 0 Å². The first-order chi connectivity index (χ1) is 12.1. The highest BCUT2D eigenvalue weighted by Crippen LogP contribution is 2.34. The molecule has 1 aliphatic rings. The number of fused-ring (bicyclic) bond motifs is 1. The zero-order valence-electron chi connectivity index (χ0n) is 14.2. The Labute approximate surface area is 146 Å². The molecule has 3 rings (SSSR count). The van der Waals surface area contributed by atoms with E-state index >= 15 is 0 Å². The van der Waals surface area contributed by atoms with Gasteiger partial charge in [0.15, 0.2) is 18.1 Å². The van der Waals surface area contributed by atoms with E-state index in [9.17, 15) is 4.79 Å². The molecule has 0 radical (unpaired) electrons. The summed E-state index contributed by atoms with van der Waals surface area (Å²) in [6.45, 7) is 4.35. The molecule has 2 aromatic carbocycles. The Hall–Kier alpha value is -3.02. The molecule has 1 N–H and O–H groups in total. The highest BCUT2D eigenvalue weighted by atomic mass is 16.7. The van der Waals surface area contributed by atoms with Crippen LogP contribution < -0.4 is 19.6 Å². The second-order valence-corrected chi connectivity index (χ2v) is 5.92. The maximum Gasteiger partial charge on any atom is 0.277 e. The fraction of sp³-hybridized carbons (Fsp3) is 0.263. The Morgan fingerprint density at radius 2 is 1.96 bits per heavy atom. The molecular formula is C19H20N2O4. The number of carbonyl (C=O) groups is 1. The molecule has 0 saturated carbocycles. The van der Waals surface area contributed by atoms with Gasteiger partial charge in [-0.2, -0.15) is 5.10 Å². The lowest BCUT2D eigenvalue weighted by molar-refractivity contribution is -0.123. The summed E-state index contributed by atoms with van der Waals surface area (Å²) in [5, 5.41) is 3.94. The number of nitrogens with zero attached hydrogens (tertiary/aromatic N) is 1. The molecule has 0 aliphatic carbocycles. The van der Waals surface area contributed by atoms with Gasteiger partial charge in [-0.15, -0.1) is 0 Å². The number of amides is 1. The molecule has 0 bridgehead atoms. The van der Waals surface area contributed by atoms with Crippen LogP contribution in [0.2, 0.25) is 0 Å². The van der Waals surface area contributed by atoms with Crippen molar-refractivity contribution in [2.45, 2.75) is 19.8 Å². The Balaban J connectivity index is 1.46. The minimum Gasteiger partial charge on any atom is -0.484 e. The summed E-state index contributed by atoms with van der Waals surface area (Å²) in [5.74, 6) is 1.96. The third-order valence-corrected chi connectivity index (χ3v) is 3.72. The van der Waals surface area contributed by atoms with Crippen molar-refractivity contribution in [3.05, 3.63) is 53.6 Å². The predicted octanol–water partition coefficient (Wildman–Crippen LogP) is 3.07. The topological polar surface area (TPSA) is 69.2 Å². The van der Waals surface area contributed by atoms with Gasteiger partial charge in [-0.25, -0.2) is 5.43 Å². The minimum absolute atomic E-state index is 0.136. The molecule has 0 saturated heterocycles. The molecular weight excluding hydrogens is 320 g/mol. The standard InChI is InChI=1S/C19H20N2O4/c1-13(2)15-5-3-14(4-6-15)10-20-21-19(22)11-23-16-7-8-17-18(9-16)25-12-24-17/h3-10,13H,11-12H2,1-2H3,(H,21,22). The molecule has 0 unspecified atom stereocenters. The van der Waals surface area contributed by atoms with Crippen LogP contribution in [0.25, 0.3) is 0 Å². The molecule has 1 aliphatic heterocycles. The van der Waals surface area contributed by atoms with Crippen LogP contribution in [0.5, 0.6) is 17.2 Å². The smallest absolute Gasteiger partial charge is 0.277 e. The first-order valence-electron chi connectivity index (χ1n) is 8.06. The Bertz CT molecular complexity index is 769. The van der Waals surface area contributed by atoms with Gasteiger partial charge in [-0.1, -0.05) is 38.1 Å². The number of benzene rings is 2. The summed E-state index contributed by atoms with van der Waals surface area (Å²) in [4.78, 5) is 11.8. The van der Waals surface area contributed by atoms with E-state index in [0.717, 1.165) is 5.56 Å². The summed E-state index contributed by atoms with van der Waals surface area (Å²) < 4.78 is 15.9. The Morgan fingerprint density at radius 1 is 1.20 bits per heavy atom. The van der Waals surface area contributed by atoms with Crippen molar-refractivity contribution in [2.75, 3.05) is 13.4 Å². The summed E-state index contributed by atoms with van der Waals surface area (Å²) in [7, 11) is 0. The first-order valence-corrected chi connectivity index (χ1v) is 8.06. The van der Waals surface area contributed by atoms with E-state index in [0.29, 0.717) is 23.2 Å². The van der Waals surface area contributed by atoms with Crippen molar-refractivity contribution < 1.29 is 19.0 Å². The van der Waals surface area contributed by atoms with Gasteiger partial charge in [0.25, 0.3) is 5.91 Å². The zero-order chi connectivity index (χ0) is 17.6. The summed E-state index contributed by atoms with van der Waals surface area (Å²) in [6.07, 6.45) is 1.60. The van der Waals surface area contributed by atoms with Crippen molar-refractivity contribution in [3.63, 3.8) is 0 Å². The van der Waals surface area contributed by atoms with E-state index < -0.39 is 0 Å². The fourth-order valence-corrected chi connectivity index (χ4v) is 2.29. The van der Waals surface area contributed by atoms with Crippen LogP contribution in [0.15, 0.2) is 47.6 Å². The third-order valence-electron chi connectivity index (χ3n) is 3.72. The molecule has 1 amide bonds. The Morgan fingerprint density at radius 3 is 2.72 bits per heavy atom. The van der Waals surface area contributed by atoms with Gasteiger partial charge in [0.1, 0.15) is 5.75 Å². The SMILES string of the molecule is CC(C)c1ccc(C=NNC(=O)COc2ccc3c(c2)OCO3)cc1. The largest absolute Gasteiger partial charge is 0.484 e. The fourth-order valence-electron chi connectivity index (χ4n) is 2.29. The molecule has 1 heterocycles. The van der Waals surface area contributed by atoms with Gasteiger partial charge in [-0.05, 0) is 29.2 Å². The molecule has 0 atom stereocenters. The zero-order valence-corrected chi connectivity index (χ0v) is 14.2. The van der Waals surface area contributed by atoms with Gasteiger partial charge in [-0.3, -0.25) is 4.79 Å². The summed E-state index contributed by atoms with van der Waals surface area (Å²) in [6, 6.07) is 13.2. The first kappa shape index (κ1) is 16.8. The monoisotopic (exact) mass is 340 g/mol. The van der Waals surface area contributed by atoms with Gasteiger partial charge in [0.05, 0.1) is 6.21 Å². The number of hydrogen-bond acceptors (Lipinski definition) is 5. The second-order valence-electron chi connectivity index (χ2n) is 5.92. The van der Waals surface area contributed by atoms with E-state index in [1.165, 1.54) is 5.56 Å². The Kier molecular flexibility index (Phi) is 5.18. The van der Waals surface area contributed by atoms with Gasteiger partial charge >= 0.3 is 0 Å². The normalized spacial score (nSPS) is 12.6. The molecule has 0 fully saturated rings. The number of hydrazone groups is 1. The van der Waals surface area contributed by atoms with Crippen LogP contribution in [0.4, 0.5) is 0 Å². The molecule has 2 aromatic rings. The van der Waals surface area contributed by atoms with Crippen LogP contribution in [0.1, 0.15) is 30.9 Å². The number of carbonyl (C=O) groups excluding carboxylic acids is 1. The van der Waals surface area contributed by atoms with Crippen LogP contribution in [-0.2, 0) is 4.79 Å². The van der Waals surface area contributed by atoms with Crippen molar-refractivity contribution in [1.29, 1.82) is 0 Å². The average molecular weight is 340 g/mol. The summed E-state index contributed by atoms with van der Waals surface area (Å²) in [5.41, 5.74) is 4.62. The number of hydrogen-bond donors (Lipinski definition) is 1. The van der Waals surface area contributed by atoms with E-state index in [4.69, 9.17) is 14.2 Å². The van der Waals surface area contributed by atoms with E-state index in [2.05, 4.69) is 36.5 Å². The van der Waals surface area contributed by atoms with Crippen molar-refractivity contribution in [3.8, 4) is 17.2 Å². The van der Waals surface area contributed by atoms with E-state index in [-0.39, 0.29) is 19.3 Å². The molecule has 6 heteroatoms. The molecule has 0 spiro atoms. The van der Waals surface area contributed by atoms with Gasteiger partial charge < -0.3 is 14.2 Å². The molecule has 25 heavy (non-hydrogen) atoms. The number of rotatable bonds is 6. The van der Waals surface area contributed by atoms with Crippen molar-refractivity contribution in [1.82, 2.24) is 5.43 Å². The third kappa shape index (κ3) is 4.50. The second kappa shape index (κ2) is 7.70. The summed E-state index contributed by atoms with van der Waals surface area (Å²) >= 11 is 0. The quantitative estimate of drug-likeness (QED) is 0.648. The van der Waals surface area contributed by atoms with Crippen LogP contribution in [-0.4, -0.2) is 25.5 Å². The highest BCUT2D eigenvalue weighted by molar-refractivity contribution is 5.82. The number of nitrogens with one attached hydrogen (secondary N) is 1. The highest BCUT2D eigenvalue weighted by Gasteiger charge is 2.14. The van der Waals surface area contributed by atoms with Crippen molar-refractivity contribution >= 4 is 12.1 Å². The maximum absolute atomic E-state index is 11.8. The molecule has 0 aromatic heterocycles. The van der Waals surface area contributed by atoms with Crippen molar-refractivity contribution in [2.24, 2.45) is 5.10 Å². The van der Waals surface area contributed by atoms with E-state index in [1.54, 1.807) is 24.4 Å². The van der Waals surface area contributed by atoms with Gasteiger partial charge in [0, 0.05) is 6.07 Å².